The molecular formula is C22H20BrClFN3O3. The van der Waals surface area contributed by atoms with Gasteiger partial charge >= 0.3 is 6.03 Å². The van der Waals surface area contributed by atoms with E-state index in [9.17, 15) is 18.8 Å². The van der Waals surface area contributed by atoms with Gasteiger partial charge in [0.05, 0.1) is 11.6 Å². The van der Waals surface area contributed by atoms with Crippen LogP contribution in [0.3, 0.4) is 0 Å². The number of alkyl halides is 1. The number of hydrogen-bond acceptors (Lipinski definition) is 3. The number of fused-ring (bicyclic) bond motifs is 1. The first kappa shape index (κ1) is 21.8. The van der Waals surface area contributed by atoms with Crippen LogP contribution in [0.15, 0.2) is 48.5 Å². The van der Waals surface area contributed by atoms with E-state index in [0.717, 1.165) is 11.3 Å². The molecule has 0 bridgehead atoms. The molecule has 1 N–H and O–H groups in total. The lowest BCUT2D eigenvalue weighted by Gasteiger charge is -2.47. The normalized spacial score (nSPS) is 23.5. The van der Waals surface area contributed by atoms with Gasteiger partial charge in [0.1, 0.15) is 12.4 Å². The minimum Gasteiger partial charge on any atom is -0.325 e. The van der Waals surface area contributed by atoms with Crippen LogP contribution in [-0.2, 0) is 9.59 Å². The Morgan fingerprint density at radius 1 is 1.10 bits per heavy atom. The van der Waals surface area contributed by atoms with E-state index in [4.69, 9.17) is 11.6 Å². The maximum atomic E-state index is 13.3. The molecule has 9 heteroatoms. The number of nitrogens with zero attached hydrogens (tertiary/aromatic N) is 2. The molecule has 1 saturated heterocycles. The standard InChI is InChI=1S/C22H20BrClFN3O3/c23-13-1-10-19-18(11-13)21(30)28(17-8-2-14(24)3-9-17)22(31)27(19)12-20(29)26-16-6-4-15(25)5-7-16/h2-9,13,18-19H,1,10-12H2,(H,26,29). The van der Waals surface area contributed by atoms with E-state index in [1.54, 1.807) is 24.3 Å². The molecule has 0 spiro atoms. The number of rotatable bonds is 4. The van der Waals surface area contributed by atoms with Crippen molar-refractivity contribution in [2.24, 2.45) is 5.92 Å². The smallest absolute Gasteiger partial charge is 0.325 e. The van der Waals surface area contributed by atoms with Crippen LogP contribution in [0.4, 0.5) is 20.6 Å². The summed E-state index contributed by atoms with van der Waals surface area (Å²) < 4.78 is 13.1. The molecule has 2 fully saturated rings. The Morgan fingerprint density at radius 2 is 1.77 bits per heavy atom. The Hall–Kier alpha value is -2.45. The molecule has 2 aromatic carbocycles. The maximum absolute atomic E-state index is 13.3. The molecule has 0 aromatic heterocycles. The second-order valence-corrected chi connectivity index (χ2v) is 9.43. The summed E-state index contributed by atoms with van der Waals surface area (Å²) in [5, 5.41) is 3.18. The fraction of sp³-hybridized carbons (Fsp3) is 0.318. The van der Waals surface area contributed by atoms with Crippen LogP contribution < -0.4 is 10.2 Å². The number of amides is 4. The van der Waals surface area contributed by atoms with Gasteiger partial charge < -0.3 is 10.2 Å². The van der Waals surface area contributed by atoms with Crippen molar-refractivity contribution in [3.05, 3.63) is 59.4 Å². The Balaban J connectivity index is 1.60. The summed E-state index contributed by atoms with van der Waals surface area (Å²) in [7, 11) is 0. The van der Waals surface area contributed by atoms with Crippen LogP contribution in [-0.4, -0.2) is 40.2 Å². The second kappa shape index (κ2) is 8.96. The number of anilines is 2. The summed E-state index contributed by atoms with van der Waals surface area (Å²) in [6.07, 6.45) is 2.01. The van der Waals surface area contributed by atoms with Crippen molar-refractivity contribution in [2.45, 2.75) is 30.1 Å². The summed E-state index contributed by atoms with van der Waals surface area (Å²) in [5.74, 6) is -1.50. The van der Waals surface area contributed by atoms with Gasteiger partial charge in [0.2, 0.25) is 11.8 Å². The quantitative estimate of drug-likeness (QED) is 0.602. The zero-order valence-electron chi connectivity index (χ0n) is 16.4. The van der Waals surface area contributed by atoms with Crippen molar-refractivity contribution in [3.63, 3.8) is 0 Å². The maximum Gasteiger partial charge on any atom is 0.332 e. The van der Waals surface area contributed by atoms with Crippen molar-refractivity contribution < 1.29 is 18.8 Å². The molecule has 1 aliphatic carbocycles. The van der Waals surface area contributed by atoms with Crippen LogP contribution in [0.2, 0.25) is 5.02 Å². The second-order valence-electron chi connectivity index (χ2n) is 7.70. The van der Waals surface area contributed by atoms with Crippen molar-refractivity contribution in [2.75, 3.05) is 16.8 Å². The Kier molecular flexibility index (Phi) is 6.29. The molecule has 1 aliphatic heterocycles. The number of carbonyl (C=O) groups is 3. The molecule has 1 heterocycles. The van der Waals surface area contributed by atoms with Gasteiger partial charge in [-0.05, 0) is 67.8 Å². The van der Waals surface area contributed by atoms with Crippen molar-refractivity contribution in [3.8, 4) is 0 Å². The highest BCUT2D eigenvalue weighted by Crippen LogP contribution is 2.38. The van der Waals surface area contributed by atoms with Gasteiger partial charge in [-0.3, -0.25) is 9.59 Å². The van der Waals surface area contributed by atoms with Crippen LogP contribution in [0.1, 0.15) is 19.3 Å². The number of nitrogens with one attached hydrogen (secondary N) is 1. The first-order valence-corrected chi connectivity index (χ1v) is 11.2. The molecule has 0 radical (unpaired) electrons. The Labute approximate surface area is 192 Å². The molecule has 4 rings (SSSR count). The molecule has 3 atom stereocenters. The highest BCUT2D eigenvalue weighted by atomic mass is 79.9. The van der Waals surface area contributed by atoms with Crippen LogP contribution in [0.25, 0.3) is 0 Å². The van der Waals surface area contributed by atoms with Gasteiger partial charge in [-0.2, -0.15) is 0 Å². The van der Waals surface area contributed by atoms with Crippen LogP contribution >= 0.6 is 27.5 Å². The molecule has 3 unspecified atom stereocenters. The van der Waals surface area contributed by atoms with Gasteiger partial charge in [-0.1, -0.05) is 27.5 Å². The number of urea groups is 1. The van der Waals surface area contributed by atoms with E-state index >= 15 is 0 Å². The topological polar surface area (TPSA) is 69.7 Å². The highest BCUT2D eigenvalue weighted by molar-refractivity contribution is 9.09. The number of carbonyl (C=O) groups excluding carboxylic acids is 3. The monoisotopic (exact) mass is 507 g/mol. The lowest BCUT2D eigenvalue weighted by Crippen LogP contribution is -2.64. The van der Waals surface area contributed by atoms with Crippen molar-refractivity contribution in [1.82, 2.24) is 4.90 Å². The van der Waals surface area contributed by atoms with E-state index in [1.807, 2.05) is 0 Å². The fourth-order valence-corrected chi connectivity index (χ4v) is 4.97. The van der Waals surface area contributed by atoms with E-state index in [0.29, 0.717) is 29.2 Å². The largest absolute Gasteiger partial charge is 0.332 e. The average molecular weight is 509 g/mol. The zero-order valence-corrected chi connectivity index (χ0v) is 18.8. The van der Waals surface area contributed by atoms with Crippen molar-refractivity contribution >= 4 is 56.8 Å². The van der Waals surface area contributed by atoms with E-state index in [1.165, 1.54) is 29.2 Å². The zero-order chi connectivity index (χ0) is 22.1. The first-order chi connectivity index (χ1) is 14.8. The molecule has 162 valence electrons. The van der Waals surface area contributed by atoms with E-state index < -0.39 is 23.7 Å². The fourth-order valence-electron chi connectivity index (χ4n) is 4.17. The lowest BCUT2D eigenvalue weighted by atomic mass is 9.81. The van der Waals surface area contributed by atoms with Gasteiger partial charge in [0.25, 0.3) is 0 Å². The minimum atomic E-state index is -0.532. The SMILES string of the molecule is O=C(CN1C(=O)N(c2ccc(Cl)cc2)C(=O)C2CC(Br)CCC21)Nc1ccc(F)cc1. The first-order valence-electron chi connectivity index (χ1n) is 9.93. The summed E-state index contributed by atoms with van der Waals surface area (Å²) in [5.41, 5.74) is 0.848. The van der Waals surface area contributed by atoms with E-state index in [2.05, 4.69) is 21.2 Å². The third-order valence-electron chi connectivity index (χ3n) is 5.65. The summed E-state index contributed by atoms with van der Waals surface area (Å²) in [6.45, 7) is -0.207. The predicted molar refractivity (Wildman–Crippen MR) is 120 cm³/mol. The summed E-state index contributed by atoms with van der Waals surface area (Å²) in [4.78, 5) is 42.1. The number of halogens is 3. The molecule has 2 aromatic rings. The van der Waals surface area contributed by atoms with Crippen LogP contribution in [0, 0.1) is 11.7 Å². The van der Waals surface area contributed by atoms with Gasteiger partial charge in [-0.15, -0.1) is 0 Å². The molecule has 6 nitrogen and oxygen atoms in total. The predicted octanol–water partition coefficient (Wildman–Crippen LogP) is 4.82. The van der Waals surface area contributed by atoms with Crippen molar-refractivity contribution in [1.29, 1.82) is 0 Å². The lowest BCUT2D eigenvalue weighted by molar-refractivity contribution is -0.128. The number of imide groups is 1. The molecule has 31 heavy (non-hydrogen) atoms. The molecular weight excluding hydrogens is 489 g/mol. The van der Waals surface area contributed by atoms with Crippen LogP contribution in [0.5, 0.6) is 0 Å². The van der Waals surface area contributed by atoms with Gasteiger partial charge in [-0.25, -0.2) is 14.1 Å². The minimum absolute atomic E-state index is 0.174. The molecule has 4 amide bonds. The Morgan fingerprint density at radius 3 is 2.45 bits per heavy atom. The third kappa shape index (κ3) is 4.60. The van der Waals surface area contributed by atoms with Gasteiger partial charge in [0, 0.05) is 21.6 Å². The third-order valence-corrected chi connectivity index (χ3v) is 6.74. The molecule has 2 aliphatic rings. The summed E-state index contributed by atoms with van der Waals surface area (Å²) >= 11 is 9.55. The van der Waals surface area contributed by atoms with E-state index in [-0.39, 0.29) is 23.3 Å². The number of benzene rings is 2. The average Bonchev–Trinajstić information content (AvgIpc) is 2.74. The highest BCUT2D eigenvalue weighted by Gasteiger charge is 2.49. The molecule has 1 saturated carbocycles. The summed E-state index contributed by atoms with van der Waals surface area (Å²) in [6, 6.07) is 11.0. The number of hydrogen-bond donors (Lipinski definition) is 1. The van der Waals surface area contributed by atoms with Gasteiger partial charge in [0.15, 0.2) is 0 Å². The Bertz CT molecular complexity index is 1000.